The average molecular weight is 364 g/mol. The number of fused-ring (bicyclic) bond motifs is 2. The molecule has 1 aromatic rings. The highest BCUT2D eigenvalue weighted by atomic mass is 79.9. The van der Waals surface area contributed by atoms with Gasteiger partial charge >= 0.3 is 0 Å². The molecular weight excluding hydrogens is 346 g/mol. The molecular formula is C13H18BrNO4S. The number of furan rings is 1. The van der Waals surface area contributed by atoms with Crippen molar-refractivity contribution in [3.63, 3.8) is 0 Å². The van der Waals surface area contributed by atoms with Crippen LogP contribution in [-0.4, -0.2) is 20.1 Å². The van der Waals surface area contributed by atoms with Crippen LogP contribution in [0.15, 0.2) is 20.0 Å². The van der Waals surface area contributed by atoms with E-state index in [0.717, 1.165) is 12.3 Å². The molecule has 0 radical (unpaired) electrons. The van der Waals surface area contributed by atoms with E-state index >= 15 is 0 Å². The molecule has 1 heterocycles. The van der Waals surface area contributed by atoms with Gasteiger partial charge in [-0.3, -0.25) is 0 Å². The lowest BCUT2D eigenvalue weighted by Gasteiger charge is -2.21. The Morgan fingerprint density at radius 3 is 2.75 bits per heavy atom. The van der Waals surface area contributed by atoms with Crippen LogP contribution in [0.1, 0.15) is 31.4 Å². The molecule has 0 saturated heterocycles. The van der Waals surface area contributed by atoms with Gasteiger partial charge in [-0.15, -0.1) is 0 Å². The van der Waals surface area contributed by atoms with Crippen LogP contribution in [0, 0.1) is 17.8 Å². The molecule has 112 valence electrons. The number of sulfonamides is 1. The Kier molecular flexibility index (Phi) is 3.96. The molecule has 2 fully saturated rings. The van der Waals surface area contributed by atoms with Gasteiger partial charge in [0.2, 0.25) is 10.0 Å². The van der Waals surface area contributed by atoms with Crippen molar-refractivity contribution in [2.24, 2.45) is 17.8 Å². The third-order valence-electron chi connectivity index (χ3n) is 4.57. The molecule has 3 unspecified atom stereocenters. The van der Waals surface area contributed by atoms with E-state index in [-0.39, 0.29) is 21.9 Å². The van der Waals surface area contributed by atoms with Crippen LogP contribution in [0.25, 0.3) is 0 Å². The van der Waals surface area contributed by atoms with Crippen molar-refractivity contribution in [3.8, 4) is 0 Å². The Hall–Kier alpha value is -0.370. The van der Waals surface area contributed by atoms with Gasteiger partial charge in [-0.05, 0) is 52.9 Å². The van der Waals surface area contributed by atoms with Crippen molar-refractivity contribution in [2.75, 3.05) is 6.54 Å². The Morgan fingerprint density at radius 1 is 1.40 bits per heavy atom. The highest BCUT2D eigenvalue weighted by Crippen LogP contribution is 2.48. The second-order valence-corrected chi connectivity index (χ2v) is 8.25. The summed E-state index contributed by atoms with van der Waals surface area (Å²) in [5.41, 5.74) is 0. The van der Waals surface area contributed by atoms with Crippen molar-refractivity contribution < 1.29 is 17.9 Å². The Bertz CT molecular complexity index is 598. The summed E-state index contributed by atoms with van der Waals surface area (Å²) in [7, 11) is -3.59. The SMILES string of the molecule is O=S(=O)(NCC1CC2CCC1C2)c1cc(CO)oc1Br. The second kappa shape index (κ2) is 5.44. The molecule has 1 aromatic heterocycles. The Labute approximate surface area is 126 Å². The van der Waals surface area contributed by atoms with Crippen LogP contribution < -0.4 is 4.72 Å². The molecule has 5 nitrogen and oxygen atoms in total. The van der Waals surface area contributed by atoms with Crippen LogP contribution in [0.3, 0.4) is 0 Å². The Morgan fingerprint density at radius 2 is 2.20 bits per heavy atom. The molecule has 7 heteroatoms. The minimum atomic E-state index is -3.59. The molecule has 0 aromatic carbocycles. The van der Waals surface area contributed by atoms with Gasteiger partial charge < -0.3 is 9.52 Å². The maximum atomic E-state index is 12.3. The normalized spacial score (nSPS) is 29.2. The van der Waals surface area contributed by atoms with Crippen molar-refractivity contribution in [1.29, 1.82) is 0 Å². The maximum absolute atomic E-state index is 12.3. The topological polar surface area (TPSA) is 79.5 Å². The molecule has 3 atom stereocenters. The average Bonchev–Trinajstić information content (AvgIpc) is 3.10. The molecule has 0 amide bonds. The fourth-order valence-corrected chi connectivity index (χ4v) is 5.67. The first-order valence-corrected chi connectivity index (χ1v) is 9.16. The number of halogens is 1. The number of aliphatic hydroxyl groups excluding tert-OH is 1. The predicted molar refractivity (Wildman–Crippen MR) is 76.5 cm³/mol. The number of aliphatic hydroxyl groups is 1. The standard InChI is InChI=1S/C13H18BrNO4S/c14-13-12(5-11(7-16)19-13)20(17,18)15-6-10-4-8-1-2-9(10)3-8/h5,8-10,15-16H,1-4,6-7H2. The van der Waals surface area contributed by atoms with Crippen molar-refractivity contribution in [2.45, 2.75) is 37.2 Å². The highest BCUT2D eigenvalue weighted by molar-refractivity contribution is 9.10. The van der Waals surface area contributed by atoms with Crippen LogP contribution in [0.2, 0.25) is 0 Å². The summed E-state index contributed by atoms with van der Waals surface area (Å²) in [6.45, 7) is 0.177. The summed E-state index contributed by atoms with van der Waals surface area (Å²) in [6, 6.07) is 1.35. The number of rotatable bonds is 5. The summed E-state index contributed by atoms with van der Waals surface area (Å²) in [5.74, 6) is 2.18. The van der Waals surface area contributed by atoms with Gasteiger partial charge in [0.25, 0.3) is 0 Å². The van der Waals surface area contributed by atoms with Gasteiger partial charge in [0.15, 0.2) is 4.67 Å². The van der Waals surface area contributed by atoms with Crippen LogP contribution >= 0.6 is 15.9 Å². The maximum Gasteiger partial charge on any atom is 0.244 e. The molecule has 20 heavy (non-hydrogen) atoms. The molecule has 2 saturated carbocycles. The largest absolute Gasteiger partial charge is 0.450 e. The minimum absolute atomic E-state index is 0.0599. The highest BCUT2D eigenvalue weighted by Gasteiger charge is 2.39. The fourth-order valence-electron chi connectivity index (χ4n) is 3.58. The first-order chi connectivity index (χ1) is 9.49. The van der Waals surface area contributed by atoms with E-state index < -0.39 is 10.0 Å². The van der Waals surface area contributed by atoms with Crippen molar-refractivity contribution in [1.82, 2.24) is 4.72 Å². The summed E-state index contributed by atoms with van der Waals surface area (Å²) >= 11 is 3.08. The van der Waals surface area contributed by atoms with Gasteiger partial charge in [0.05, 0.1) is 0 Å². The van der Waals surface area contributed by atoms with Gasteiger partial charge in [0.1, 0.15) is 17.3 Å². The van der Waals surface area contributed by atoms with E-state index in [1.54, 1.807) is 0 Å². The third-order valence-corrected chi connectivity index (χ3v) is 6.85. The van der Waals surface area contributed by atoms with E-state index in [0.29, 0.717) is 18.4 Å². The zero-order valence-electron chi connectivity index (χ0n) is 11.0. The number of hydrogen-bond acceptors (Lipinski definition) is 4. The van der Waals surface area contributed by atoms with Crippen LogP contribution in [-0.2, 0) is 16.6 Å². The zero-order chi connectivity index (χ0) is 14.3. The minimum Gasteiger partial charge on any atom is -0.450 e. The smallest absolute Gasteiger partial charge is 0.244 e. The summed E-state index contributed by atoms with van der Waals surface area (Å²) in [4.78, 5) is 0.0599. The second-order valence-electron chi connectivity index (χ2n) is 5.80. The monoisotopic (exact) mass is 363 g/mol. The van der Waals surface area contributed by atoms with Gasteiger partial charge in [-0.1, -0.05) is 6.42 Å². The van der Waals surface area contributed by atoms with E-state index in [2.05, 4.69) is 20.7 Å². The summed E-state index contributed by atoms with van der Waals surface area (Å²) in [5, 5.41) is 8.99. The van der Waals surface area contributed by atoms with Crippen LogP contribution in [0.5, 0.6) is 0 Å². The molecule has 2 N–H and O–H groups in total. The van der Waals surface area contributed by atoms with E-state index in [1.165, 1.54) is 25.3 Å². The van der Waals surface area contributed by atoms with E-state index in [1.807, 2.05) is 0 Å². The Balaban J connectivity index is 1.67. The van der Waals surface area contributed by atoms with Gasteiger partial charge in [-0.2, -0.15) is 0 Å². The molecule has 0 spiro atoms. The van der Waals surface area contributed by atoms with E-state index in [4.69, 9.17) is 9.52 Å². The number of nitrogens with one attached hydrogen (secondary N) is 1. The lowest BCUT2D eigenvalue weighted by Crippen LogP contribution is -2.31. The summed E-state index contributed by atoms with van der Waals surface area (Å²) in [6.07, 6.45) is 4.94. The zero-order valence-corrected chi connectivity index (χ0v) is 13.4. The van der Waals surface area contributed by atoms with Crippen molar-refractivity contribution in [3.05, 3.63) is 16.5 Å². The molecule has 2 aliphatic rings. The molecule has 3 rings (SSSR count). The predicted octanol–water partition coefficient (Wildman–Crippen LogP) is 2.25. The summed E-state index contributed by atoms with van der Waals surface area (Å²) < 4.78 is 32.5. The number of hydrogen-bond donors (Lipinski definition) is 2. The third kappa shape index (κ3) is 2.68. The fraction of sp³-hybridized carbons (Fsp3) is 0.692. The van der Waals surface area contributed by atoms with Gasteiger partial charge in [0, 0.05) is 12.6 Å². The van der Waals surface area contributed by atoms with Crippen LogP contribution in [0.4, 0.5) is 0 Å². The first kappa shape index (κ1) is 14.6. The molecule has 0 aliphatic heterocycles. The van der Waals surface area contributed by atoms with Gasteiger partial charge in [-0.25, -0.2) is 13.1 Å². The lowest BCUT2D eigenvalue weighted by molar-refractivity contribution is 0.245. The van der Waals surface area contributed by atoms with E-state index in [9.17, 15) is 8.42 Å². The quantitative estimate of drug-likeness (QED) is 0.840. The van der Waals surface area contributed by atoms with Crippen molar-refractivity contribution >= 4 is 26.0 Å². The first-order valence-electron chi connectivity index (χ1n) is 6.88. The molecule has 2 bridgehead atoms. The lowest BCUT2D eigenvalue weighted by atomic mass is 9.89. The molecule has 2 aliphatic carbocycles.